The van der Waals surface area contributed by atoms with E-state index >= 15 is 0 Å². The zero-order valence-electron chi connectivity index (χ0n) is 21.9. The van der Waals surface area contributed by atoms with Crippen LogP contribution in [-0.2, 0) is 299 Å². The van der Waals surface area contributed by atoms with Crippen molar-refractivity contribution in [2.75, 3.05) is 0 Å². The quantitative estimate of drug-likeness (QED) is 0.104. The van der Waals surface area contributed by atoms with Gasteiger partial charge >= 0.3 is 340 Å². The minimum absolute atomic E-state index is 0. The van der Waals surface area contributed by atoms with Gasteiger partial charge in [-0.05, 0) is 0 Å². The Balaban J connectivity index is -0.000000192. The third-order valence-electron chi connectivity index (χ3n) is 1.34. The van der Waals surface area contributed by atoms with Gasteiger partial charge in [-0.3, -0.25) is 0 Å². The molecule has 0 bridgehead atoms. The normalized spacial score (nSPS) is 14.0. The second-order valence-corrected chi connectivity index (χ2v) is 48.5. The third kappa shape index (κ3) is 59.4. The van der Waals surface area contributed by atoms with Crippen molar-refractivity contribution in [3.8, 4) is 0 Å². The summed E-state index contributed by atoms with van der Waals surface area (Å²) >= 11 is -79.0. The molecule has 53 heavy (non-hydrogen) atoms. The van der Waals surface area contributed by atoms with Gasteiger partial charge in [-0.1, -0.05) is 0 Å². The fourth-order valence-electron chi connectivity index (χ4n) is 0.875. The molecule has 0 saturated carbocycles. The number of hydrogen-bond acceptors (Lipinski definition) is 36. The number of rotatable bonds is 16. The molecule has 0 unspecified atom stereocenters. The summed E-state index contributed by atoms with van der Waals surface area (Å²) in [7, 11) is 0. The van der Waals surface area contributed by atoms with E-state index in [2.05, 4.69) is 16.3 Å². The Kier molecular flexibility index (Phi) is 28.7. The summed E-state index contributed by atoms with van der Waals surface area (Å²) in [4.78, 5) is 0. The van der Waals surface area contributed by atoms with Crippen LogP contribution in [0.3, 0.4) is 0 Å². The Morgan fingerprint density at radius 2 is 0.340 bits per heavy atom. The molecule has 0 aromatic carbocycles. The van der Waals surface area contributed by atoms with Crippen molar-refractivity contribution >= 4 is 11.0 Å². The van der Waals surface area contributed by atoms with Crippen molar-refractivity contribution in [1.82, 2.24) is 0 Å². The molecule has 0 spiro atoms. The van der Waals surface area contributed by atoms with E-state index in [0.717, 1.165) is 0 Å². The van der Waals surface area contributed by atoms with Crippen LogP contribution in [-0.4, -0.2) is 26.0 Å². The molecule has 0 fully saturated rings. The largest absolute Gasteiger partial charge is 4.00 e. The fraction of sp³-hybridized carbons (Fsp3) is 0. The van der Waals surface area contributed by atoms with Gasteiger partial charge in [-0.25, -0.2) is 0 Å². The molecule has 53 heteroatoms. The second-order valence-electron chi connectivity index (χ2n) is 5.52. The first-order valence-corrected chi connectivity index (χ1v) is 47.7. The van der Waals surface area contributed by atoms with Crippen LogP contribution < -0.4 is 15.0 Å². The summed E-state index contributed by atoms with van der Waals surface area (Å²) in [5.41, 5.74) is 0. The van der Waals surface area contributed by atoms with E-state index in [0.29, 0.717) is 0 Å². The van der Waals surface area contributed by atoms with Gasteiger partial charge in [0.2, 0.25) is 0 Å². The Bertz CT molecular complexity index is 2040. The fourth-order valence-corrected chi connectivity index (χ4v) is 38.4. The Morgan fingerprint density at radius 3 is 0.396 bits per heavy atom. The molecule has 4 N–H and O–H groups in total. The molecular weight excluding hydrogens is 1820 g/mol. The van der Waals surface area contributed by atoms with Crippen molar-refractivity contribution in [2.24, 2.45) is 0 Å². The zero-order valence-corrected chi connectivity index (χ0v) is 47.0. The summed E-state index contributed by atoms with van der Waals surface area (Å²) in [5.74, 6) is 0. The van der Waals surface area contributed by atoms with Gasteiger partial charge < -0.3 is 0 Å². The molecule has 0 amide bonds. The SMILES string of the molecule is [O]=[Mo](=[O])([O-])[O][Mo](=[O])(=[O])[O][Mo](=[O])(=[O])[OH].[O]=[Mo](=[O])([O-])[O][Mo](=[O])(=[O])[O][Mo](=[O])(=[O])[OH].[O]=[Mo](=[O])([O-])[O][Mo](=[O])(=[O])[O][Mo](=[O])(=[O])[OH].[O]=[Mo](=[O])([O-])[O][Mo](=[O])(=[O])[O][Mo](=[O])(=[O])[OH].[Si+4]. The van der Waals surface area contributed by atoms with Gasteiger partial charge in [-0.15, -0.1) is 0 Å². The molecule has 0 aliphatic heterocycles. The van der Waals surface area contributed by atoms with E-state index in [1.54, 1.807) is 0 Å². The minimum Gasteiger partial charge on any atom is 4.00 e. The van der Waals surface area contributed by atoms with Crippen molar-refractivity contribution in [3.63, 3.8) is 0 Å². The van der Waals surface area contributed by atoms with Crippen LogP contribution in [0.5, 0.6) is 0 Å². The monoisotopic (exact) mass is 1850 g/mol. The first-order valence-electron chi connectivity index (χ1n) is 8.06. The Hall–Kier alpha value is 3.04. The predicted octanol–water partition coefficient (Wildman–Crippen LogP) is -10.8. The van der Waals surface area contributed by atoms with Crippen LogP contribution >= 0.6 is 0 Å². The van der Waals surface area contributed by atoms with E-state index in [-0.39, 0.29) is 11.0 Å². The van der Waals surface area contributed by atoms with E-state index in [1.807, 2.05) is 0 Å². The van der Waals surface area contributed by atoms with Gasteiger partial charge in [0.05, 0.1) is 0 Å². The Labute approximate surface area is 333 Å². The predicted molar refractivity (Wildman–Crippen MR) is 39.8 cm³/mol. The van der Waals surface area contributed by atoms with Crippen LogP contribution in [0.4, 0.5) is 0 Å². The first kappa shape index (κ1) is 65.2. The van der Waals surface area contributed by atoms with Gasteiger partial charge in [0.25, 0.3) is 0 Å². The third-order valence-corrected chi connectivity index (χ3v) is 47.0. The van der Waals surface area contributed by atoms with Gasteiger partial charge in [0.1, 0.15) is 0 Å². The molecule has 0 saturated heterocycles. The maximum absolute atomic E-state index is 10.3. The maximum atomic E-state index is 10.3. The zero-order chi connectivity index (χ0) is 43.7. The molecule has 0 aliphatic rings. The van der Waals surface area contributed by atoms with Crippen molar-refractivity contribution in [1.29, 1.82) is 0 Å². The van der Waals surface area contributed by atoms with E-state index in [4.69, 9.17) is 15.0 Å². The van der Waals surface area contributed by atoms with E-state index in [9.17, 15) is 96.6 Å². The van der Waals surface area contributed by atoms with Crippen LogP contribution in [0.25, 0.3) is 0 Å². The topological polar surface area (TPSA) is 657 Å². The van der Waals surface area contributed by atoms with Crippen LogP contribution in [0.15, 0.2) is 0 Å². The number of hydrogen-bond donors (Lipinski definition) is 4. The van der Waals surface area contributed by atoms with Gasteiger partial charge in [-0.2, -0.15) is 0 Å². The van der Waals surface area contributed by atoms with Crippen LogP contribution in [0.2, 0.25) is 0 Å². The van der Waals surface area contributed by atoms with Crippen LogP contribution in [0, 0.1) is 0 Å². The molecule has 0 rings (SSSR count). The molecule has 40 nitrogen and oxygen atoms in total. The summed E-state index contributed by atoms with van der Waals surface area (Å²) < 4.78 is 333. The molecule has 0 radical (unpaired) electrons. The maximum Gasteiger partial charge on any atom is 4.00 e. The average Bonchev–Trinajstić information content (AvgIpc) is 2.51. The minimum atomic E-state index is -6.66. The standard InChI is InChI=1S/12Mo.4H2O.36O.Si/h;;;;;;;;;;;;4*1H2;;;;;;;;;;;;;;;;;;;;;;;;;;;;;;;;;;;;;/q;;;;;;;;4*+1;;;;;;;;;;;;;;;;;;;;;;;;;;;;;;;;;;;;;4*-1;+4/p-4. The molecule has 0 aromatic rings. The first-order chi connectivity index (χ1) is 21.7. The molecule has 320 valence electrons. The molecular formula is H4Mo12O40Si. The average molecular weight is 1820 g/mol. The summed E-state index contributed by atoms with van der Waals surface area (Å²) in [6.45, 7) is 0. The molecule has 0 heterocycles. The summed E-state index contributed by atoms with van der Waals surface area (Å²) in [5, 5.41) is 0. The van der Waals surface area contributed by atoms with Crippen molar-refractivity contribution in [2.45, 2.75) is 0 Å². The Morgan fingerprint density at radius 1 is 0.245 bits per heavy atom. The van der Waals surface area contributed by atoms with Gasteiger partial charge in [0.15, 0.2) is 0 Å². The summed E-state index contributed by atoms with van der Waals surface area (Å²) in [6.07, 6.45) is 0. The van der Waals surface area contributed by atoms with Gasteiger partial charge in [0, 0.05) is 0 Å². The van der Waals surface area contributed by atoms with E-state index < -0.39 is 201 Å². The smallest absolute Gasteiger partial charge is 4.00 e. The second kappa shape index (κ2) is 23.3. The molecule has 0 atom stereocenters. The van der Waals surface area contributed by atoms with E-state index in [1.165, 1.54) is 0 Å². The summed E-state index contributed by atoms with van der Waals surface area (Å²) in [6, 6.07) is 0. The van der Waals surface area contributed by atoms with Crippen molar-refractivity contribution in [3.05, 3.63) is 0 Å². The van der Waals surface area contributed by atoms with Crippen LogP contribution in [0.1, 0.15) is 0 Å². The van der Waals surface area contributed by atoms with Crippen molar-refractivity contribution < 1.29 is 329 Å². The molecule has 0 aliphatic carbocycles. The molecule has 0 aromatic heterocycles.